The predicted molar refractivity (Wildman–Crippen MR) is 170 cm³/mol. The van der Waals surface area contributed by atoms with E-state index in [0.717, 1.165) is 38.5 Å². The smallest absolute Gasteiger partial charge is 0.297 e. The van der Waals surface area contributed by atoms with Crippen molar-refractivity contribution in [3.8, 4) is 22.3 Å². The van der Waals surface area contributed by atoms with Crippen LogP contribution in [-0.2, 0) is 14.8 Å². The molecule has 2 N–H and O–H groups in total. The van der Waals surface area contributed by atoms with E-state index in [1.165, 1.54) is 34.6 Å². The first-order chi connectivity index (χ1) is 21.1. The summed E-state index contributed by atoms with van der Waals surface area (Å²) in [4.78, 5) is 34.1. The quantitative estimate of drug-likeness (QED) is 0.242. The van der Waals surface area contributed by atoms with Crippen molar-refractivity contribution in [2.45, 2.75) is 5.09 Å². The van der Waals surface area contributed by atoms with E-state index >= 15 is 0 Å². The number of hydrogen-bond donors (Lipinski definition) is 2. The fraction of sp³-hybridized carbons (Fsp3) is 0.121. The SMILES string of the molecule is CN(C)C(=O)CNC(=O)c1ccc(-c2cnc3[nH]c4ccc(N(C)S(=O)(=O)c5ccco5)cc4c3c2-c2ccccc2)cc1. The summed E-state index contributed by atoms with van der Waals surface area (Å²) in [6, 6.07) is 25.4. The molecule has 0 saturated heterocycles. The van der Waals surface area contributed by atoms with Gasteiger partial charge in [0.15, 0.2) is 0 Å². The fourth-order valence-corrected chi connectivity index (χ4v) is 6.15. The number of nitrogens with zero attached hydrogens (tertiary/aromatic N) is 3. The van der Waals surface area contributed by atoms with Crippen LogP contribution in [0.1, 0.15) is 10.4 Å². The lowest BCUT2D eigenvalue weighted by molar-refractivity contribution is -0.127. The van der Waals surface area contributed by atoms with Gasteiger partial charge in [0, 0.05) is 60.3 Å². The molecule has 0 radical (unpaired) electrons. The maximum absolute atomic E-state index is 13.2. The Morgan fingerprint density at radius 1 is 0.909 bits per heavy atom. The molecular formula is C33H29N5O5S. The van der Waals surface area contributed by atoms with E-state index in [-0.39, 0.29) is 23.5 Å². The van der Waals surface area contributed by atoms with Crippen molar-refractivity contribution in [2.24, 2.45) is 0 Å². The largest absolute Gasteiger partial charge is 0.451 e. The van der Waals surface area contributed by atoms with Crippen LogP contribution in [0, 0.1) is 0 Å². The van der Waals surface area contributed by atoms with Crippen molar-refractivity contribution in [1.82, 2.24) is 20.2 Å². The molecule has 0 bridgehead atoms. The second kappa shape index (κ2) is 11.3. The lowest BCUT2D eigenvalue weighted by atomic mass is 9.92. The van der Waals surface area contributed by atoms with Crippen LogP contribution in [0.3, 0.4) is 0 Å². The van der Waals surface area contributed by atoms with Gasteiger partial charge in [-0.3, -0.25) is 13.9 Å². The number of benzene rings is 3. The first-order valence-corrected chi connectivity index (χ1v) is 15.2. The number of furan rings is 1. The van der Waals surface area contributed by atoms with Crippen LogP contribution < -0.4 is 9.62 Å². The molecule has 3 aromatic heterocycles. The molecule has 6 rings (SSSR count). The lowest BCUT2D eigenvalue weighted by Crippen LogP contribution is -2.36. The summed E-state index contributed by atoms with van der Waals surface area (Å²) in [5, 5.41) is 4.14. The molecule has 10 nitrogen and oxygen atoms in total. The summed E-state index contributed by atoms with van der Waals surface area (Å²) < 4.78 is 32.8. The zero-order valence-corrected chi connectivity index (χ0v) is 25.1. The van der Waals surface area contributed by atoms with Gasteiger partial charge in [-0.1, -0.05) is 42.5 Å². The summed E-state index contributed by atoms with van der Waals surface area (Å²) in [5.41, 5.74) is 5.86. The Labute approximate surface area is 254 Å². The van der Waals surface area contributed by atoms with Gasteiger partial charge in [-0.05, 0) is 53.6 Å². The van der Waals surface area contributed by atoms with E-state index in [2.05, 4.69) is 10.3 Å². The molecule has 3 aromatic carbocycles. The molecule has 6 aromatic rings. The van der Waals surface area contributed by atoms with Crippen LogP contribution >= 0.6 is 0 Å². The van der Waals surface area contributed by atoms with E-state index in [1.54, 1.807) is 38.5 Å². The number of hydrogen-bond acceptors (Lipinski definition) is 6. The first kappa shape index (κ1) is 28.7. The van der Waals surface area contributed by atoms with Gasteiger partial charge < -0.3 is 19.6 Å². The van der Waals surface area contributed by atoms with E-state index in [1.807, 2.05) is 54.6 Å². The molecule has 0 saturated carbocycles. The molecule has 222 valence electrons. The molecule has 11 heteroatoms. The highest BCUT2D eigenvalue weighted by Crippen LogP contribution is 2.41. The molecule has 0 fully saturated rings. The van der Waals surface area contributed by atoms with Gasteiger partial charge in [0.2, 0.25) is 11.0 Å². The van der Waals surface area contributed by atoms with E-state index in [9.17, 15) is 18.0 Å². The van der Waals surface area contributed by atoms with Crippen LogP contribution in [0.5, 0.6) is 0 Å². The van der Waals surface area contributed by atoms with Crippen LogP contribution in [0.2, 0.25) is 0 Å². The molecule has 0 atom stereocenters. The lowest BCUT2D eigenvalue weighted by Gasteiger charge is -2.18. The summed E-state index contributed by atoms with van der Waals surface area (Å²) in [6.07, 6.45) is 3.12. The van der Waals surface area contributed by atoms with E-state index in [4.69, 9.17) is 9.40 Å². The number of amides is 2. The van der Waals surface area contributed by atoms with Crippen molar-refractivity contribution in [2.75, 3.05) is 32.0 Å². The van der Waals surface area contributed by atoms with Gasteiger partial charge in [-0.2, -0.15) is 8.42 Å². The minimum Gasteiger partial charge on any atom is -0.451 e. The average molecular weight is 608 g/mol. The Kier molecular flexibility index (Phi) is 7.40. The predicted octanol–water partition coefficient (Wildman–Crippen LogP) is 5.29. The van der Waals surface area contributed by atoms with Crippen LogP contribution in [0.15, 0.2) is 107 Å². The third kappa shape index (κ3) is 5.18. The van der Waals surface area contributed by atoms with Crippen molar-refractivity contribution < 1.29 is 22.4 Å². The van der Waals surface area contributed by atoms with Gasteiger partial charge >= 0.3 is 0 Å². The number of aromatic nitrogens is 2. The summed E-state index contributed by atoms with van der Waals surface area (Å²) in [6.45, 7) is -0.0904. The Morgan fingerprint density at radius 2 is 1.66 bits per heavy atom. The van der Waals surface area contributed by atoms with Crippen molar-refractivity contribution in [3.63, 3.8) is 0 Å². The fourth-order valence-electron chi connectivity index (χ4n) is 5.06. The average Bonchev–Trinajstić information content (AvgIpc) is 3.72. The molecule has 0 spiro atoms. The van der Waals surface area contributed by atoms with Crippen LogP contribution in [-0.4, -0.2) is 62.8 Å². The number of carbonyl (C=O) groups is 2. The second-order valence-electron chi connectivity index (χ2n) is 10.4. The molecule has 3 heterocycles. The maximum atomic E-state index is 13.2. The van der Waals surface area contributed by atoms with Gasteiger partial charge in [0.25, 0.3) is 15.9 Å². The number of H-pyrrole nitrogens is 1. The zero-order valence-electron chi connectivity index (χ0n) is 24.2. The molecule has 0 aliphatic heterocycles. The molecular weight excluding hydrogens is 578 g/mol. The highest BCUT2D eigenvalue weighted by atomic mass is 32.2. The summed E-state index contributed by atoms with van der Waals surface area (Å²) in [5.74, 6) is -0.546. The topological polar surface area (TPSA) is 129 Å². The number of anilines is 1. The molecule has 0 aliphatic rings. The van der Waals surface area contributed by atoms with Crippen molar-refractivity contribution in [3.05, 3.63) is 103 Å². The maximum Gasteiger partial charge on any atom is 0.297 e. The highest BCUT2D eigenvalue weighted by Gasteiger charge is 2.25. The Morgan fingerprint density at radius 3 is 2.34 bits per heavy atom. The minimum atomic E-state index is -3.90. The van der Waals surface area contributed by atoms with Crippen molar-refractivity contribution in [1.29, 1.82) is 0 Å². The first-order valence-electron chi connectivity index (χ1n) is 13.8. The Hall–Kier alpha value is -5.42. The van der Waals surface area contributed by atoms with Gasteiger partial charge in [0.1, 0.15) is 5.65 Å². The zero-order chi connectivity index (χ0) is 31.0. The van der Waals surface area contributed by atoms with Crippen LogP contribution in [0.4, 0.5) is 5.69 Å². The van der Waals surface area contributed by atoms with E-state index in [0.29, 0.717) is 16.9 Å². The summed E-state index contributed by atoms with van der Waals surface area (Å²) in [7, 11) is 0.851. The number of rotatable bonds is 8. The number of aromatic amines is 1. The Balaban J connectivity index is 1.46. The molecule has 44 heavy (non-hydrogen) atoms. The van der Waals surface area contributed by atoms with Gasteiger partial charge in [-0.25, -0.2) is 4.98 Å². The molecule has 0 aliphatic carbocycles. The monoisotopic (exact) mass is 607 g/mol. The van der Waals surface area contributed by atoms with Crippen molar-refractivity contribution >= 4 is 49.5 Å². The summed E-state index contributed by atoms with van der Waals surface area (Å²) >= 11 is 0. The highest BCUT2D eigenvalue weighted by molar-refractivity contribution is 7.92. The van der Waals surface area contributed by atoms with Crippen LogP contribution in [0.25, 0.3) is 44.2 Å². The minimum absolute atomic E-state index is 0.0904. The van der Waals surface area contributed by atoms with Gasteiger partial charge in [0.05, 0.1) is 18.5 Å². The second-order valence-corrected chi connectivity index (χ2v) is 12.3. The number of fused-ring (bicyclic) bond motifs is 3. The number of likely N-dealkylation sites (N-methyl/N-ethyl adjacent to an activating group) is 1. The van der Waals surface area contributed by atoms with E-state index < -0.39 is 10.0 Å². The Bertz CT molecular complexity index is 2100. The number of carbonyl (C=O) groups excluding carboxylic acids is 2. The molecule has 2 amide bonds. The number of pyridine rings is 1. The molecule has 0 unspecified atom stereocenters. The standard InChI is InChI=1S/C33H29N5O5S/c1-37(2)28(39)20-35-33(40)23-13-11-21(12-14-23)26-19-34-32-31(30(26)22-8-5-4-6-9-22)25-18-24(15-16-27(25)36-32)38(3)44(41,42)29-10-7-17-43-29/h4-19H,20H2,1-3H3,(H,34,36)(H,35,40). The normalized spacial score (nSPS) is 11.5. The third-order valence-electron chi connectivity index (χ3n) is 7.50. The van der Waals surface area contributed by atoms with Gasteiger partial charge in [-0.15, -0.1) is 0 Å². The number of sulfonamides is 1. The third-order valence-corrected chi connectivity index (χ3v) is 9.17. The number of nitrogens with one attached hydrogen (secondary N) is 2.